The highest BCUT2D eigenvalue weighted by atomic mass is 16.5. The first-order chi connectivity index (χ1) is 14.2. The predicted octanol–water partition coefficient (Wildman–Crippen LogP) is 1.59. The third kappa shape index (κ3) is 4.08. The molecule has 3 aromatic rings. The lowest BCUT2D eigenvalue weighted by molar-refractivity contribution is 0.122. The van der Waals surface area contributed by atoms with Gasteiger partial charge in [-0.15, -0.1) is 0 Å². The predicted molar refractivity (Wildman–Crippen MR) is 115 cm³/mol. The van der Waals surface area contributed by atoms with Crippen molar-refractivity contribution in [1.82, 2.24) is 14.5 Å². The van der Waals surface area contributed by atoms with Gasteiger partial charge in [-0.05, 0) is 31.2 Å². The number of rotatable bonds is 6. The molecule has 152 valence electrons. The van der Waals surface area contributed by atoms with E-state index in [1.54, 1.807) is 13.4 Å². The Morgan fingerprint density at radius 3 is 2.69 bits per heavy atom. The van der Waals surface area contributed by atoms with Gasteiger partial charge in [0.1, 0.15) is 11.2 Å². The van der Waals surface area contributed by atoms with Crippen LogP contribution in [0.5, 0.6) is 0 Å². The van der Waals surface area contributed by atoms with E-state index in [0.29, 0.717) is 29.8 Å². The summed E-state index contributed by atoms with van der Waals surface area (Å²) in [5.41, 5.74) is 9.05. The molecule has 0 saturated carbocycles. The number of morpholine rings is 1. The lowest BCUT2D eigenvalue weighted by Crippen LogP contribution is -2.36. The Bertz CT molecular complexity index is 1040. The highest BCUT2D eigenvalue weighted by Crippen LogP contribution is 2.27. The van der Waals surface area contributed by atoms with E-state index in [9.17, 15) is 4.79 Å². The third-order valence-electron chi connectivity index (χ3n) is 5.12. The van der Waals surface area contributed by atoms with Gasteiger partial charge in [-0.1, -0.05) is 12.1 Å². The number of benzene rings is 1. The molecular formula is C21H26N6O2. The zero-order valence-corrected chi connectivity index (χ0v) is 16.6. The van der Waals surface area contributed by atoms with Gasteiger partial charge >= 0.3 is 0 Å². The molecule has 2 aromatic heterocycles. The molecule has 3 N–H and O–H groups in total. The van der Waals surface area contributed by atoms with E-state index in [0.717, 1.165) is 44.0 Å². The van der Waals surface area contributed by atoms with Crippen molar-refractivity contribution < 1.29 is 4.74 Å². The van der Waals surface area contributed by atoms with Gasteiger partial charge in [0.15, 0.2) is 0 Å². The van der Waals surface area contributed by atoms with Crippen molar-refractivity contribution in [2.24, 2.45) is 12.8 Å². The van der Waals surface area contributed by atoms with Crippen LogP contribution in [-0.2, 0) is 11.8 Å². The summed E-state index contributed by atoms with van der Waals surface area (Å²) in [7, 11) is 1.69. The van der Waals surface area contributed by atoms with E-state index in [4.69, 9.17) is 15.5 Å². The number of aromatic nitrogens is 3. The lowest BCUT2D eigenvalue weighted by atomic mass is 10.1. The standard InChI is InChI=1S/C21H26N6O2/c1-26-14-24-18-13-17(25-20(19(18)21(26)28)23-8-2-7-22)15-3-5-16(6-4-15)27-9-11-29-12-10-27/h3-6,13-14H,2,7-12,22H2,1H3,(H,23,25). The number of hydrogen-bond acceptors (Lipinski definition) is 7. The van der Waals surface area contributed by atoms with E-state index in [1.165, 1.54) is 10.3 Å². The molecule has 8 nitrogen and oxygen atoms in total. The van der Waals surface area contributed by atoms with Crippen LogP contribution in [0.25, 0.3) is 22.2 Å². The molecular weight excluding hydrogens is 368 g/mol. The zero-order chi connectivity index (χ0) is 20.2. The fourth-order valence-corrected chi connectivity index (χ4v) is 3.47. The normalized spacial score (nSPS) is 14.3. The molecule has 1 aliphatic rings. The van der Waals surface area contributed by atoms with Crippen molar-refractivity contribution in [3.63, 3.8) is 0 Å². The first-order valence-corrected chi connectivity index (χ1v) is 9.91. The van der Waals surface area contributed by atoms with Crippen LogP contribution in [0, 0.1) is 0 Å². The second kappa shape index (κ2) is 8.59. The van der Waals surface area contributed by atoms with Gasteiger partial charge in [-0.2, -0.15) is 0 Å². The number of nitrogens with zero attached hydrogens (tertiary/aromatic N) is 4. The Labute approximate surface area is 169 Å². The molecule has 0 unspecified atom stereocenters. The maximum atomic E-state index is 12.7. The van der Waals surface area contributed by atoms with Gasteiger partial charge in [0.2, 0.25) is 0 Å². The average molecular weight is 394 g/mol. The molecule has 4 rings (SSSR count). The smallest absolute Gasteiger partial charge is 0.264 e. The number of pyridine rings is 1. The Balaban J connectivity index is 1.71. The van der Waals surface area contributed by atoms with Crippen LogP contribution in [0.1, 0.15) is 6.42 Å². The first kappa shape index (κ1) is 19.4. The van der Waals surface area contributed by atoms with Crippen molar-refractivity contribution in [3.8, 4) is 11.3 Å². The molecule has 0 spiro atoms. The van der Waals surface area contributed by atoms with Crippen molar-refractivity contribution in [2.75, 3.05) is 49.6 Å². The van der Waals surface area contributed by atoms with E-state index >= 15 is 0 Å². The average Bonchev–Trinajstić information content (AvgIpc) is 2.77. The third-order valence-corrected chi connectivity index (χ3v) is 5.12. The molecule has 0 aliphatic carbocycles. The quantitative estimate of drug-likeness (QED) is 0.613. The maximum absolute atomic E-state index is 12.7. The minimum atomic E-state index is -0.119. The van der Waals surface area contributed by atoms with Crippen LogP contribution >= 0.6 is 0 Å². The van der Waals surface area contributed by atoms with Gasteiger partial charge < -0.3 is 25.3 Å². The van der Waals surface area contributed by atoms with Gasteiger partial charge in [-0.25, -0.2) is 9.97 Å². The maximum Gasteiger partial charge on any atom is 0.264 e. The fourth-order valence-electron chi connectivity index (χ4n) is 3.47. The largest absolute Gasteiger partial charge is 0.378 e. The fraction of sp³-hybridized carbons (Fsp3) is 0.381. The molecule has 0 atom stereocenters. The Hall–Kier alpha value is -2.97. The van der Waals surface area contributed by atoms with Gasteiger partial charge in [0.25, 0.3) is 5.56 Å². The molecule has 0 bridgehead atoms. The summed E-state index contributed by atoms with van der Waals surface area (Å²) in [6.45, 7) is 4.53. The van der Waals surface area contributed by atoms with E-state index < -0.39 is 0 Å². The molecule has 1 aromatic carbocycles. The molecule has 8 heteroatoms. The topological polar surface area (TPSA) is 98.3 Å². The second-order valence-corrected chi connectivity index (χ2v) is 7.13. The Morgan fingerprint density at radius 2 is 1.97 bits per heavy atom. The number of hydrogen-bond donors (Lipinski definition) is 2. The molecule has 29 heavy (non-hydrogen) atoms. The summed E-state index contributed by atoms with van der Waals surface area (Å²) in [6, 6.07) is 10.2. The summed E-state index contributed by atoms with van der Waals surface area (Å²) in [5.74, 6) is 0.553. The van der Waals surface area contributed by atoms with Crippen LogP contribution in [0.3, 0.4) is 0 Å². The summed E-state index contributed by atoms with van der Waals surface area (Å²) in [6.07, 6.45) is 2.34. The molecule has 1 fully saturated rings. The van der Waals surface area contributed by atoms with Crippen LogP contribution in [0.2, 0.25) is 0 Å². The molecule has 1 aliphatic heterocycles. The van der Waals surface area contributed by atoms with Crippen LogP contribution in [0.15, 0.2) is 41.5 Å². The number of fused-ring (bicyclic) bond motifs is 1. The second-order valence-electron chi connectivity index (χ2n) is 7.13. The summed E-state index contributed by atoms with van der Waals surface area (Å²) in [4.78, 5) is 24.2. The summed E-state index contributed by atoms with van der Waals surface area (Å²) in [5, 5.41) is 3.76. The number of ether oxygens (including phenoxy) is 1. The van der Waals surface area contributed by atoms with E-state index in [-0.39, 0.29) is 5.56 Å². The highest BCUT2D eigenvalue weighted by molar-refractivity contribution is 5.91. The van der Waals surface area contributed by atoms with Gasteiger partial charge in [-0.3, -0.25) is 4.79 Å². The summed E-state index contributed by atoms with van der Waals surface area (Å²) < 4.78 is 6.89. The summed E-state index contributed by atoms with van der Waals surface area (Å²) >= 11 is 0. The molecule has 3 heterocycles. The van der Waals surface area contributed by atoms with Crippen molar-refractivity contribution in [2.45, 2.75) is 6.42 Å². The Morgan fingerprint density at radius 1 is 1.21 bits per heavy atom. The minimum absolute atomic E-state index is 0.119. The van der Waals surface area contributed by atoms with Crippen molar-refractivity contribution in [3.05, 3.63) is 47.0 Å². The van der Waals surface area contributed by atoms with Crippen LogP contribution < -0.4 is 21.5 Å². The number of nitrogens with one attached hydrogen (secondary N) is 1. The van der Waals surface area contributed by atoms with E-state index in [1.807, 2.05) is 6.07 Å². The monoisotopic (exact) mass is 394 g/mol. The van der Waals surface area contributed by atoms with Gasteiger partial charge in [0.05, 0.1) is 30.8 Å². The molecule has 1 saturated heterocycles. The van der Waals surface area contributed by atoms with Crippen molar-refractivity contribution in [1.29, 1.82) is 0 Å². The Kier molecular flexibility index (Phi) is 5.73. The van der Waals surface area contributed by atoms with Crippen LogP contribution in [-0.4, -0.2) is 53.9 Å². The van der Waals surface area contributed by atoms with Crippen molar-refractivity contribution >= 4 is 22.4 Å². The number of aryl methyl sites for hydroxylation is 1. The highest BCUT2D eigenvalue weighted by Gasteiger charge is 2.14. The first-order valence-electron chi connectivity index (χ1n) is 9.91. The number of anilines is 2. The SMILES string of the molecule is Cn1cnc2cc(-c3ccc(N4CCOCC4)cc3)nc(NCCCN)c2c1=O. The number of nitrogens with two attached hydrogens (primary N) is 1. The van der Waals surface area contributed by atoms with E-state index in [2.05, 4.69) is 39.5 Å². The lowest BCUT2D eigenvalue weighted by Gasteiger charge is -2.28. The van der Waals surface area contributed by atoms with Crippen LogP contribution in [0.4, 0.5) is 11.5 Å². The molecule has 0 radical (unpaired) electrons. The minimum Gasteiger partial charge on any atom is -0.378 e. The van der Waals surface area contributed by atoms with Gasteiger partial charge in [0, 0.05) is 37.9 Å². The molecule has 0 amide bonds. The zero-order valence-electron chi connectivity index (χ0n) is 16.6.